The minimum atomic E-state index is -0.665. The van der Waals surface area contributed by atoms with Gasteiger partial charge in [-0.3, -0.25) is 4.79 Å². The SMILES string of the molecule is NC(=O)c1cc(Oc2cccc(Cl)c2Cl)ncc1N. The molecule has 0 atom stereocenters. The van der Waals surface area contributed by atoms with Crippen LogP contribution in [0.5, 0.6) is 11.6 Å². The van der Waals surface area contributed by atoms with Gasteiger partial charge in [-0.1, -0.05) is 29.3 Å². The summed E-state index contributed by atoms with van der Waals surface area (Å²) in [7, 11) is 0. The van der Waals surface area contributed by atoms with Crippen LogP contribution in [-0.2, 0) is 0 Å². The van der Waals surface area contributed by atoms with Crippen LogP contribution in [0.15, 0.2) is 30.5 Å². The predicted octanol–water partition coefficient (Wildman–Crippen LogP) is 2.86. The molecule has 0 aliphatic rings. The zero-order valence-electron chi connectivity index (χ0n) is 9.56. The van der Waals surface area contributed by atoms with Gasteiger partial charge in [0.1, 0.15) is 10.8 Å². The third kappa shape index (κ3) is 2.89. The second-order valence-electron chi connectivity index (χ2n) is 3.63. The second kappa shape index (κ2) is 5.34. The number of hydrogen-bond donors (Lipinski definition) is 2. The first-order valence-electron chi connectivity index (χ1n) is 5.16. The molecule has 98 valence electrons. The molecule has 1 heterocycles. The highest BCUT2D eigenvalue weighted by atomic mass is 35.5. The number of ether oxygens (including phenoxy) is 1. The highest BCUT2D eigenvalue weighted by Crippen LogP contribution is 2.34. The minimum absolute atomic E-state index is 0.128. The van der Waals surface area contributed by atoms with Gasteiger partial charge in [-0.25, -0.2) is 4.98 Å². The lowest BCUT2D eigenvalue weighted by atomic mass is 10.2. The number of pyridine rings is 1. The summed E-state index contributed by atoms with van der Waals surface area (Å²) >= 11 is 11.8. The summed E-state index contributed by atoms with van der Waals surface area (Å²) in [5.74, 6) is -0.198. The van der Waals surface area contributed by atoms with E-state index in [4.69, 9.17) is 39.4 Å². The Balaban J connectivity index is 2.36. The number of amides is 1. The first-order valence-corrected chi connectivity index (χ1v) is 5.92. The zero-order chi connectivity index (χ0) is 14.0. The number of nitrogen functional groups attached to an aromatic ring is 1. The van der Waals surface area contributed by atoms with E-state index in [1.54, 1.807) is 18.2 Å². The second-order valence-corrected chi connectivity index (χ2v) is 4.41. The lowest BCUT2D eigenvalue weighted by molar-refractivity contribution is 0.100. The molecule has 5 nitrogen and oxygen atoms in total. The van der Waals surface area contributed by atoms with E-state index in [-0.39, 0.29) is 22.2 Å². The Labute approximate surface area is 119 Å². The number of rotatable bonds is 3. The maximum absolute atomic E-state index is 11.2. The predicted molar refractivity (Wildman–Crippen MR) is 73.7 cm³/mol. The molecule has 0 bridgehead atoms. The summed E-state index contributed by atoms with van der Waals surface area (Å²) in [6.07, 6.45) is 1.29. The summed E-state index contributed by atoms with van der Waals surface area (Å²) in [4.78, 5) is 15.1. The molecular weight excluding hydrogens is 289 g/mol. The lowest BCUT2D eigenvalue weighted by Crippen LogP contribution is -2.13. The molecular formula is C12H9Cl2N3O2. The van der Waals surface area contributed by atoms with E-state index in [0.29, 0.717) is 10.8 Å². The van der Waals surface area contributed by atoms with E-state index >= 15 is 0 Å². The standard InChI is InChI=1S/C12H9Cl2N3O2/c13-7-2-1-3-9(11(7)14)19-10-4-6(12(16)18)8(15)5-17-10/h1-5H,15H2,(H2,16,18). The van der Waals surface area contributed by atoms with Crippen LogP contribution in [0, 0.1) is 0 Å². The van der Waals surface area contributed by atoms with Gasteiger partial charge in [-0.2, -0.15) is 0 Å². The van der Waals surface area contributed by atoms with Crippen molar-refractivity contribution in [1.29, 1.82) is 0 Å². The monoisotopic (exact) mass is 297 g/mol. The highest BCUT2D eigenvalue weighted by Gasteiger charge is 2.11. The number of nitrogens with two attached hydrogens (primary N) is 2. The van der Waals surface area contributed by atoms with Crippen LogP contribution >= 0.6 is 23.2 Å². The van der Waals surface area contributed by atoms with E-state index in [1.165, 1.54) is 12.3 Å². The van der Waals surface area contributed by atoms with Crippen LogP contribution in [0.3, 0.4) is 0 Å². The molecule has 2 rings (SSSR count). The quantitative estimate of drug-likeness (QED) is 0.911. The topological polar surface area (TPSA) is 91.2 Å². The van der Waals surface area contributed by atoms with Crippen LogP contribution in [0.25, 0.3) is 0 Å². The average molecular weight is 298 g/mol. The molecule has 0 saturated carbocycles. The lowest BCUT2D eigenvalue weighted by Gasteiger charge is -2.09. The molecule has 1 amide bonds. The molecule has 19 heavy (non-hydrogen) atoms. The Bertz CT molecular complexity index is 647. The van der Waals surface area contributed by atoms with Crippen LogP contribution in [0.2, 0.25) is 10.0 Å². The largest absolute Gasteiger partial charge is 0.437 e. The number of benzene rings is 1. The number of aromatic nitrogens is 1. The maximum atomic E-state index is 11.2. The van der Waals surface area contributed by atoms with Gasteiger partial charge in [0.25, 0.3) is 5.91 Å². The van der Waals surface area contributed by atoms with Crippen molar-refractivity contribution in [2.75, 3.05) is 5.73 Å². The van der Waals surface area contributed by atoms with E-state index in [1.807, 2.05) is 0 Å². The van der Waals surface area contributed by atoms with Crippen molar-refractivity contribution in [2.45, 2.75) is 0 Å². The Morgan fingerprint density at radius 2 is 2.05 bits per heavy atom. The number of carbonyl (C=O) groups excluding carboxylic acids is 1. The molecule has 0 aliphatic heterocycles. The van der Waals surface area contributed by atoms with Crippen LogP contribution in [0.1, 0.15) is 10.4 Å². The Hall–Kier alpha value is -1.98. The van der Waals surface area contributed by atoms with Gasteiger partial charge in [0, 0.05) is 6.07 Å². The van der Waals surface area contributed by atoms with E-state index in [0.717, 1.165) is 0 Å². The average Bonchev–Trinajstić information content (AvgIpc) is 2.37. The molecule has 0 saturated heterocycles. The third-order valence-electron chi connectivity index (χ3n) is 2.31. The number of hydrogen-bond acceptors (Lipinski definition) is 4. The van der Waals surface area contributed by atoms with Crippen molar-refractivity contribution in [1.82, 2.24) is 4.98 Å². The molecule has 7 heteroatoms. The smallest absolute Gasteiger partial charge is 0.251 e. The van der Waals surface area contributed by atoms with E-state index in [9.17, 15) is 4.79 Å². The van der Waals surface area contributed by atoms with Crippen molar-refractivity contribution in [2.24, 2.45) is 5.73 Å². The van der Waals surface area contributed by atoms with Gasteiger partial charge in [-0.05, 0) is 12.1 Å². The third-order valence-corrected chi connectivity index (χ3v) is 3.11. The molecule has 0 fully saturated rings. The van der Waals surface area contributed by atoms with Crippen molar-refractivity contribution in [3.8, 4) is 11.6 Å². The highest BCUT2D eigenvalue weighted by molar-refractivity contribution is 6.42. The van der Waals surface area contributed by atoms with Gasteiger partial charge in [-0.15, -0.1) is 0 Å². The fourth-order valence-corrected chi connectivity index (χ4v) is 1.72. The summed E-state index contributed by atoms with van der Waals surface area (Å²) < 4.78 is 5.44. The first kappa shape index (κ1) is 13.5. The van der Waals surface area contributed by atoms with Crippen LogP contribution < -0.4 is 16.2 Å². The maximum Gasteiger partial charge on any atom is 0.251 e. The van der Waals surface area contributed by atoms with Crippen LogP contribution in [-0.4, -0.2) is 10.9 Å². The number of primary amides is 1. The van der Waals surface area contributed by atoms with Gasteiger partial charge in [0.05, 0.1) is 22.5 Å². The van der Waals surface area contributed by atoms with Gasteiger partial charge in [0.2, 0.25) is 5.88 Å². The molecule has 1 aromatic carbocycles. The van der Waals surface area contributed by atoms with Crippen molar-refractivity contribution < 1.29 is 9.53 Å². The Morgan fingerprint density at radius 3 is 2.74 bits per heavy atom. The molecule has 0 aliphatic carbocycles. The van der Waals surface area contributed by atoms with Crippen LogP contribution in [0.4, 0.5) is 5.69 Å². The number of anilines is 1. The van der Waals surface area contributed by atoms with Gasteiger partial charge in [0.15, 0.2) is 0 Å². The minimum Gasteiger partial charge on any atom is -0.437 e. The molecule has 0 spiro atoms. The van der Waals surface area contributed by atoms with E-state index < -0.39 is 5.91 Å². The molecule has 4 N–H and O–H groups in total. The fraction of sp³-hybridized carbons (Fsp3) is 0. The van der Waals surface area contributed by atoms with E-state index in [2.05, 4.69) is 4.98 Å². The summed E-state index contributed by atoms with van der Waals surface area (Å²) in [5, 5.41) is 0.605. The normalized spacial score (nSPS) is 10.2. The number of halogens is 2. The fourth-order valence-electron chi connectivity index (χ4n) is 1.39. The van der Waals surface area contributed by atoms with Crippen molar-refractivity contribution in [3.05, 3.63) is 46.1 Å². The van der Waals surface area contributed by atoms with Crippen molar-refractivity contribution in [3.63, 3.8) is 0 Å². The van der Waals surface area contributed by atoms with Gasteiger partial charge < -0.3 is 16.2 Å². The number of nitrogens with zero attached hydrogens (tertiary/aromatic N) is 1. The molecule has 0 unspecified atom stereocenters. The molecule has 1 aromatic heterocycles. The van der Waals surface area contributed by atoms with Gasteiger partial charge >= 0.3 is 0 Å². The summed E-state index contributed by atoms with van der Waals surface area (Å²) in [6, 6.07) is 6.27. The number of carbonyl (C=O) groups is 1. The molecule has 2 aromatic rings. The van der Waals surface area contributed by atoms with Crippen molar-refractivity contribution >= 4 is 34.8 Å². The summed E-state index contributed by atoms with van der Waals surface area (Å²) in [6.45, 7) is 0. The summed E-state index contributed by atoms with van der Waals surface area (Å²) in [5.41, 5.74) is 11.1. The molecule has 0 radical (unpaired) electrons. The Morgan fingerprint density at radius 1 is 1.32 bits per heavy atom. The Kier molecular flexibility index (Phi) is 3.78. The zero-order valence-corrected chi connectivity index (χ0v) is 11.1. The first-order chi connectivity index (χ1) is 8.99.